The zero-order valence-electron chi connectivity index (χ0n) is 11.0. The van der Waals surface area contributed by atoms with Crippen LogP contribution in [0.3, 0.4) is 0 Å². The summed E-state index contributed by atoms with van der Waals surface area (Å²) < 4.78 is 5.43. The fourth-order valence-corrected chi connectivity index (χ4v) is 1.84. The van der Waals surface area contributed by atoms with Crippen LogP contribution in [0.25, 0.3) is 0 Å². The molecule has 1 heterocycles. The zero-order chi connectivity index (χ0) is 13.5. The van der Waals surface area contributed by atoms with Crippen LogP contribution in [0.1, 0.15) is 13.3 Å². The zero-order valence-corrected chi connectivity index (χ0v) is 11.0. The van der Waals surface area contributed by atoms with Crippen molar-refractivity contribution in [1.29, 1.82) is 0 Å². The highest BCUT2D eigenvalue weighted by Gasteiger charge is 2.23. The maximum Gasteiger partial charge on any atom is 0.260 e. The van der Waals surface area contributed by atoms with Crippen molar-refractivity contribution in [1.82, 2.24) is 4.90 Å². The molecule has 5 heteroatoms. The molecule has 0 spiro atoms. The number of rotatable bonds is 5. The summed E-state index contributed by atoms with van der Waals surface area (Å²) in [5.74, 6) is 0.684. The van der Waals surface area contributed by atoms with E-state index in [4.69, 9.17) is 9.57 Å². The maximum atomic E-state index is 11.9. The summed E-state index contributed by atoms with van der Waals surface area (Å²) in [5, 5.41) is 3.97. The van der Waals surface area contributed by atoms with Crippen LogP contribution in [0.15, 0.2) is 35.5 Å². The van der Waals surface area contributed by atoms with E-state index in [1.54, 1.807) is 4.90 Å². The monoisotopic (exact) mass is 262 g/mol. The molecule has 102 valence electrons. The lowest BCUT2D eigenvalue weighted by Crippen LogP contribution is -2.33. The Hall–Kier alpha value is -2.04. The lowest BCUT2D eigenvalue weighted by atomic mass is 10.3. The van der Waals surface area contributed by atoms with Gasteiger partial charge < -0.3 is 14.5 Å². The van der Waals surface area contributed by atoms with Gasteiger partial charge in [-0.2, -0.15) is 0 Å². The number of hydrogen-bond acceptors (Lipinski definition) is 4. The maximum absolute atomic E-state index is 11.9. The van der Waals surface area contributed by atoms with Crippen LogP contribution in [0.4, 0.5) is 0 Å². The summed E-state index contributed by atoms with van der Waals surface area (Å²) >= 11 is 0. The Bertz CT molecular complexity index is 445. The number of nitrogens with zero attached hydrogens (tertiary/aromatic N) is 2. The predicted molar refractivity (Wildman–Crippen MR) is 72.2 cm³/mol. The van der Waals surface area contributed by atoms with E-state index in [2.05, 4.69) is 5.16 Å². The summed E-state index contributed by atoms with van der Waals surface area (Å²) in [6.45, 7) is 3.72. The Morgan fingerprint density at radius 2 is 2.16 bits per heavy atom. The number of carbonyl (C=O) groups is 1. The second kappa shape index (κ2) is 6.78. The van der Waals surface area contributed by atoms with E-state index in [9.17, 15) is 4.79 Å². The third-order valence-electron chi connectivity index (χ3n) is 2.82. The lowest BCUT2D eigenvalue weighted by molar-refractivity contribution is -0.132. The Labute approximate surface area is 112 Å². The molecule has 0 radical (unpaired) electrons. The highest BCUT2D eigenvalue weighted by atomic mass is 16.6. The Morgan fingerprint density at radius 1 is 1.37 bits per heavy atom. The molecule has 0 atom stereocenters. The molecule has 1 saturated heterocycles. The number of ether oxygens (including phenoxy) is 1. The molecule has 5 nitrogen and oxygen atoms in total. The van der Waals surface area contributed by atoms with E-state index >= 15 is 0 Å². The molecular formula is C14H18N2O3. The molecule has 1 aliphatic heterocycles. The fourth-order valence-electron chi connectivity index (χ4n) is 1.84. The number of benzene rings is 1. The van der Waals surface area contributed by atoms with Crippen molar-refractivity contribution in [2.24, 2.45) is 5.16 Å². The van der Waals surface area contributed by atoms with Crippen LogP contribution < -0.4 is 4.74 Å². The second-order valence-corrected chi connectivity index (χ2v) is 4.24. The van der Waals surface area contributed by atoms with Crippen LogP contribution in [-0.4, -0.2) is 42.8 Å². The van der Waals surface area contributed by atoms with Crippen LogP contribution >= 0.6 is 0 Å². The van der Waals surface area contributed by atoms with Gasteiger partial charge in [0.2, 0.25) is 0 Å². The standard InChI is InChI=1S/C14H18N2O3/c1-2-19-15-12-8-9-16(10-12)14(17)11-18-13-6-4-3-5-7-13/h3-7H,2,8-11H2,1H3. The van der Waals surface area contributed by atoms with Gasteiger partial charge in [0, 0.05) is 13.0 Å². The Balaban J connectivity index is 1.78. The minimum Gasteiger partial charge on any atom is -0.484 e. The van der Waals surface area contributed by atoms with Crippen molar-refractivity contribution >= 4 is 11.6 Å². The van der Waals surface area contributed by atoms with E-state index in [1.165, 1.54) is 0 Å². The van der Waals surface area contributed by atoms with Crippen molar-refractivity contribution in [3.8, 4) is 5.75 Å². The quantitative estimate of drug-likeness (QED) is 0.759. The smallest absolute Gasteiger partial charge is 0.260 e. The van der Waals surface area contributed by atoms with Crippen molar-refractivity contribution in [3.05, 3.63) is 30.3 Å². The number of para-hydroxylation sites is 1. The molecule has 0 aromatic heterocycles. The van der Waals surface area contributed by atoms with Gasteiger partial charge in [0.15, 0.2) is 6.61 Å². The first-order valence-electron chi connectivity index (χ1n) is 6.43. The molecule has 0 unspecified atom stereocenters. The van der Waals surface area contributed by atoms with Crippen LogP contribution in [0.2, 0.25) is 0 Å². The molecule has 0 N–H and O–H groups in total. The number of hydrogen-bond donors (Lipinski definition) is 0. The molecule has 1 aromatic rings. The molecule has 0 bridgehead atoms. The van der Waals surface area contributed by atoms with Gasteiger partial charge in [-0.15, -0.1) is 0 Å². The van der Waals surface area contributed by atoms with Gasteiger partial charge in [0.05, 0.1) is 12.3 Å². The van der Waals surface area contributed by atoms with Gasteiger partial charge in [-0.3, -0.25) is 4.79 Å². The molecule has 1 aliphatic rings. The molecule has 0 aliphatic carbocycles. The van der Waals surface area contributed by atoms with Gasteiger partial charge in [0.1, 0.15) is 12.4 Å². The van der Waals surface area contributed by atoms with E-state index in [-0.39, 0.29) is 12.5 Å². The third-order valence-corrected chi connectivity index (χ3v) is 2.82. The molecule has 0 saturated carbocycles. The Morgan fingerprint density at radius 3 is 2.89 bits per heavy atom. The average Bonchev–Trinajstić information content (AvgIpc) is 2.92. The van der Waals surface area contributed by atoms with Crippen molar-refractivity contribution < 1.29 is 14.4 Å². The van der Waals surface area contributed by atoms with Gasteiger partial charge in [-0.25, -0.2) is 0 Å². The molecule has 2 rings (SSSR count). The summed E-state index contributed by atoms with van der Waals surface area (Å²) in [7, 11) is 0. The molecule has 1 aromatic carbocycles. The van der Waals surface area contributed by atoms with Crippen LogP contribution in [-0.2, 0) is 9.63 Å². The predicted octanol–water partition coefficient (Wildman–Crippen LogP) is 1.69. The second-order valence-electron chi connectivity index (χ2n) is 4.24. The van der Waals surface area contributed by atoms with Crippen molar-refractivity contribution in [2.45, 2.75) is 13.3 Å². The van der Waals surface area contributed by atoms with E-state index in [1.807, 2.05) is 37.3 Å². The summed E-state index contributed by atoms with van der Waals surface area (Å²) in [4.78, 5) is 18.7. The summed E-state index contributed by atoms with van der Waals surface area (Å²) in [6, 6.07) is 9.33. The van der Waals surface area contributed by atoms with E-state index in [0.717, 1.165) is 12.1 Å². The van der Waals surface area contributed by atoms with E-state index in [0.29, 0.717) is 25.4 Å². The molecule has 19 heavy (non-hydrogen) atoms. The number of oxime groups is 1. The largest absolute Gasteiger partial charge is 0.484 e. The first-order chi connectivity index (χ1) is 9.29. The minimum atomic E-state index is -0.0226. The highest BCUT2D eigenvalue weighted by Crippen LogP contribution is 2.10. The van der Waals surface area contributed by atoms with Gasteiger partial charge in [-0.1, -0.05) is 23.4 Å². The van der Waals surface area contributed by atoms with Crippen LogP contribution in [0.5, 0.6) is 5.75 Å². The highest BCUT2D eigenvalue weighted by molar-refractivity contribution is 5.93. The topological polar surface area (TPSA) is 51.1 Å². The number of amides is 1. The van der Waals surface area contributed by atoms with Crippen molar-refractivity contribution in [3.63, 3.8) is 0 Å². The van der Waals surface area contributed by atoms with Gasteiger partial charge in [0.25, 0.3) is 5.91 Å². The first-order valence-corrected chi connectivity index (χ1v) is 6.43. The van der Waals surface area contributed by atoms with Gasteiger partial charge in [-0.05, 0) is 19.1 Å². The van der Waals surface area contributed by atoms with Crippen LogP contribution in [0, 0.1) is 0 Å². The Kier molecular flexibility index (Phi) is 4.78. The molecular weight excluding hydrogens is 244 g/mol. The normalized spacial score (nSPS) is 16.7. The first kappa shape index (κ1) is 13.4. The molecule has 1 fully saturated rings. The average molecular weight is 262 g/mol. The van der Waals surface area contributed by atoms with Gasteiger partial charge >= 0.3 is 0 Å². The number of carbonyl (C=O) groups excluding carboxylic acids is 1. The third kappa shape index (κ3) is 3.98. The molecule has 1 amide bonds. The van der Waals surface area contributed by atoms with Crippen molar-refractivity contribution in [2.75, 3.05) is 26.3 Å². The minimum absolute atomic E-state index is 0.0226. The SMILES string of the molecule is CCON=C1CCN(C(=O)COc2ccccc2)C1. The summed E-state index contributed by atoms with van der Waals surface area (Å²) in [5.41, 5.74) is 0.912. The summed E-state index contributed by atoms with van der Waals surface area (Å²) in [6.07, 6.45) is 0.775. The van der Waals surface area contributed by atoms with E-state index < -0.39 is 0 Å². The number of likely N-dealkylation sites (tertiary alicyclic amines) is 1. The lowest BCUT2D eigenvalue weighted by Gasteiger charge is -2.15. The fraction of sp³-hybridized carbons (Fsp3) is 0.429.